The van der Waals surface area contributed by atoms with E-state index in [1.54, 1.807) is 0 Å². The minimum absolute atomic E-state index is 0.194. The smallest absolute Gasteiger partial charge is 0.0826 e. The fourth-order valence-corrected chi connectivity index (χ4v) is 1.41. The number of nitrogens with zero attached hydrogens (tertiary/aromatic N) is 1. The Hall–Kier alpha value is -0.120. The van der Waals surface area contributed by atoms with Crippen molar-refractivity contribution >= 4 is 0 Å². The van der Waals surface area contributed by atoms with Crippen molar-refractivity contribution in [1.29, 1.82) is 0 Å². The van der Waals surface area contributed by atoms with Gasteiger partial charge < -0.3 is 15.0 Å². The summed E-state index contributed by atoms with van der Waals surface area (Å²) < 4.78 is 5.64. The monoisotopic (exact) mass is 186 g/mol. The molecule has 0 amide bonds. The first-order chi connectivity index (χ1) is 5.97. The summed E-state index contributed by atoms with van der Waals surface area (Å²) in [6.07, 6.45) is 0.359. The van der Waals surface area contributed by atoms with Gasteiger partial charge >= 0.3 is 0 Å². The average Bonchev–Trinajstić information content (AvgIpc) is 2.00. The third-order valence-corrected chi connectivity index (χ3v) is 2.20. The van der Waals surface area contributed by atoms with Crippen LogP contribution in [0.15, 0.2) is 0 Å². The molecule has 0 bridgehead atoms. The van der Waals surface area contributed by atoms with E-state index in [1.807, 2.05) is 0 Å². The quantitative estimate of drug-likeness (QED) is 0.687. The van der Waals surface area contributed by atoms with Gasteiger partial charge in [0.25, 0.3) is 0 Å². The van der Waals surface area contributed by atoms with Crippen molar-refractivity contribution in [3.8, 4) is 0 Å². The number of hydrogen-bond donors (Lipinski definition) is 1. The lowest BCUT2D eigenvalue weighted by Crippen LogP contribution is -2.48. The molecule has 78 valence electrons. The molecule has 1 rings (SSSR count). The minimum Gasteiger partial charge on any atom is -0.374 e. The van der Waals surface area contributed by atoms with Gasteiger partial charge in [0.15, 0.2) is 0 Å². The van der Waals surface area contributed by atoms with E-state index in [-0.39, 0.29) is 5.54 Å². The first-order valence-corrected chi connectivity index (χ1v) is 5.02. The molecule has 0 aliphatic carbocycles. The van der Waals surface area contributed by atoms with E-state index in [9.17, 15) is 0 Å². The zero-order valence-electron chi connectivity index (χ0n) is 9.26. The van der Waals surface area contributed by atoms with Crippen LogP contribution in [0.25, 0.3) is 0 Å². The average molecular weight is 186 g/mol. The summed E-state index contributed by atoms with van der Waals surface area (Å²) in [4.78, 5) is 2.32. The fourth-order valence-electron chi connectivity index (χ4n) is 1.41. The molecular weight excluding hydrogens is 164 g/mol. The molecule has 0 aromatic rings. The van der Waals surface area contributed by atoms with E-state index >= 15 is 0 Å². The van der Waals surface area contributed by atoms with Crippen molar-refractivity contribution in [3.63, 3.8) is 0 Å². The van der Waals surface area contributed by atoms with E-state index in [0.717, 1.165) is 26.2 Å². The highest BCUT2D eigenvalue weighted by Crippen LogP contribution is 2.04. The number of rotatable bonds is 2. The Bertz CT molecular complexity index is 153. The van der Waals surface area contributed by atoms with Crippen molar-refractivity contribution < 1.29 is 4.74 Å². The zero-order chi connectivity index (χ0) is 9.90. The third-order valence-electron chi connectivity index (χ3n) is 2.20. The normalized spacial score (nSPS) is 26.3. The van der Waals surface area contributed by atoms with Crippen LogP contribution in [0.4, 0.5) is 0 Å². The molecule has 3 nitrogen and oxygen atoms in total. The summed E-state index contributed by atoms with van der Waals surface area (Å²) in [5, 5.41) is 3.46. The second-order valence-electron chi connectivity index (χ2n) is 4.89. The van der Waals surface area contributed by atoms with Crippen LogP contribution < -0.4 is 5.32 Å². The fraction of sp³-hybridized carbons (Fsp3) is 1.00. The Balaban J connectivity index is 2.21. The number of morpholine rings is 1. The van der Waals surface area contributed by atoms with Crippen LogP contribution in [0.2, 0.25) is 0 Å². The zero-order valence-corrected chi connectivity index (χ0v) is 9.26. The predicted molar refractivity (Wildman–Crippen MR) is 55.0 cm³/mol. The molecule has 0 saturated carbocycles. The third kappa shape index (κ3) is 4.60. The Morgan fingerprint density at radius 1 is 1.46 bits per heavy atom. The summed E-state index contributed by atoms with van der Waals surface area (Å²) in [6.45, 7) is 10.5. The number of hydrogen-bond acceptors (Lipinski definition) is 3. The highest BCUT2D eigenvalue weighted by atomic mass is 16.5. The van der Waals surface area contributed by atoms with Gasteiger partial charge in [-0.15, -0.1) is 0 Å². The molecule has 13 heavy (non-hydrogen) atoms. The van der Waals surface area contributed by atoms with E-state index in [4.69, 9.17) is 4.74 Å². The first kappa shape index (κ1) is 11.0. The maximum atomic E-state index is 5.64. The Labute approximate surface area is 81.4 Å². The molecule has 0 spiro atoms. The van der Waals surface area contributed by atoms with Crippen LogP contribution in [0.5, 0.6) is 0 Å². The lowest BCUT2D eigenvalue weighted by atomic mass is 10.1. The van der Waals surface area contributed by atoms with Gasteiger partial charge in [-0.05, 0) is 27.8 Å². The molecule has 1 heterocycles. The van der Waals surface area contributed by atoms with Gasteiger partial charge in [0.2, 0.25) is 0 Å². The lowest BCUT2D eigenvalue weighted by Gasteiger charge is -2.32. The summed E-state index contributed by atoms with van der Waals surface area (Å²) in [5.74, 6) is 0. The molecule has 0 radical (unpaired) electrons. The Kier molecular flexibility index (Phi) is 3.71. The first-order valence-electron chi connectivity index (χ1n) is 5.02. The molecule has 0 aromatic heterocycles. The highest BCUT2D eigenvalue weighted by Gasteiger charge is 2.19. The van der Waals surface area contributed by atoms with E-state index in [1.165, 1.54) is 0 Å². The van der Waals surface area contributed by atoms with Gasteiger partial charge in [0, 0.05) is 25.2 Å². The summed E-state index contributed by atoms with van der Waals surface area (Å²) in [7, 11) is 2.15. The van der Waals surface area contributed by atoms with Gasteiger partial charge in [0.05, 0.1) is 12.7 Å². The van der Waals surface area contributed by atoms with E-state index < -0.39 is 0 Å². The van der Waals surface area contributed by atoms with Crippen LogP contribution >= 0.6 is 0 Å². The standard InChI is InChI=1S/C10H22N2O/c1-10(2,3)11-7-9-8-12(4)5-6-13-9/h9,11H,5-8H2,1-4H3/t9-/m0/s1. The Morgan fingerprint density at radius 3 is 2.69 bits per heavy atom. The summed E-state index contributed by atoms with van der Waals surface area (Å²) in [6, 6.07) is 0. The van der Waals surface area contributed by atoms with E-state index in [2.05, 4.69) is 38.0 Å². The molecular formula is C10H22N2O. The SMILES string of the molecule is CN1CCO[C@@H](CNC(C)(C)C)C1. The van der Waals surface area contributed by atoms with Gasteiger partial charge in [0.1, 0.15) is 0 Å². The number of nitrogens with one attached hydrogen (secondary N) is 1. The predicted octanol–water partition coefficient (Wildman–Crippen LogP) is 0.705. The maximum Gasteiger partial charge on any atom is 0.0826 e. The highest BCUT2D eigenvalue weighted by molar-refractivity contribution is 4.76. The van der Waals surface area contributed by atoms with Crippen molar-refractivity contribution in [2.75, 3.05) is 33.3 Å². The molecule has 0 unspecified atom stereocenters. The number of ether oxygens (including phenoxy) is 1. The molecule has 1 fully saturated rings. The van der Waals surface area contributed by atoms with Crippen LogP contribution in [-0.2, 0) is 4.74 Å². The van der Waals surface area contributed by atoms with Gasteiger partial charge in [-0.1, -0.05) is 0 Å². The van der Waals surface area contributed by atoms with Gasteiger partial charge in [-0.25, -0.2) is 0 Å². The molecule has 1 aliphatic heterocycles. The molecule has 1 atom stereocenters. The van der Waals surface area contributed by atoms with Crippen LogP contribution in [0, 0.1) is 0 Å². The number of likely N-dealkylation sites (N-methyl/N-ethyl adjacent to an activating group) is 1. The molecule has 1 N–H and O–H groups in total. The topological polar surface area (TPSA) is 24.5 Å². The van der Waals surface area contributed by atoms with Crippen molar-refractivity contribution in [2.24, 2.45) is 0 Å². The van der Waals surface area contributed by atoms with Crippen molar-refractivity contribution in [2.45, 2.75) is 32.4 Å². The summed E-state index contributed by atoms with van der Waals surface area (Å²) in [5.41, 5.74) is 0.194. The molecule has 1 aliphatic rings. The van der Waals surface area contributed by atoms with Crippen LogP contribution in [0.3, 0.4) is 0 Å². The van der Waals surface area contributed by atoms with Crippen molar-refractivity contribution in [3.05, 3.63) is 0 Å². The molecule has 0 aromatic carbocycles. The second-order valence-corrected chi connectivity index (χ2v) is 4.89. The Morgan fingerprint density at radius 2 is 2.15 bits per heavy atom. The second kappa shape index (κ2) is 4.40. The summed E-state index contributed by atoms with van der Waals surface area (Å²) >= 11 is 0. The molecule has 1 saturated heterocycles. The maximum absolute atomic E-state index is 5.64. The van der Waals surface area contributed by atoms with Crippen LogP contribution in [0.1, 0.15) is 20.8 Å². The van der Waals surface area contributed by atoms with Gasteiger partial charge in [-0.2, -0.15) is 0 Å². The molecule has 3 heteroatoms. The lowest BCUT2D eigenvalue weighted by molar-refractivity contribution is -0.0205. The van der Waals surface area contributed by atoms with Gasteiger partial charge in [-0.3, -0.25) is 0 Å². The van der Waals surface area contributed by atoms with Crippen LogP contribution in [-0.4, -0.2) is 49.8 Å². The largest absolute Gasteiger partial charge is 0.374 e. The minimum atomic E-state index is 0.194. The van der Waals surface area contributed by atoms with Crippen molar-refractivity contribution in [1.82, 2.24) is 10.2 Å². The van der Waals surface area contributed by atoms with E-state index in [0.29, 0.717) is 6.10 Å².